The highest BCUT2D eigenvalue weighted by Crippen LogP contribution is 2.29. The molecule has 1 aliphatic heterocycles. The Balaban J connectivity index is 1.51. The molecule has 1 amide bonds. The monoisotopic (exact) mass is 331 g/mol. The van der Waals surface area contributed by atoms with Crippen molar-refractivity contribution < 1.29 is 19.8 Å². The van der Waals surface area contributed by atoms with Crippen LogP contribution in [0, 0.1) is 11.8 Å². The SMILES string of the molecule is O=C(O)c1ccc(CC2CCN(C(=O)C3CCC(O)CC3)C2)cc1. The molecule has 0 aromatic heterocycles. The second kappa shape index (κ2) is 7.34. The summed E-state index contributed by atoms with van der Waals surface area (Å²) in [4.78, 5) is 25.5. The zero-order chi connectivity index (χ0) is 17.1. The largest absolute Gasteiger partial charge is 0.478 e. The molecule has 1 heterocycles. The van der Waals surface area contributed by atoms with Gasteiger partial charge in [0.1, 0.15) is 0 Å². The van der Waals surface area contributed by atoms with Gasteiger partial charge in [0.25, 0.3) is 0 Å². The maximum absolute atomic E-state index is 12.6. The van der Waals surface area contributed by atoms with Crippen LogP contribution in [0.1, 0.15) is 48.0 Å². The van der Waals surface area contributed by atoms with Crippen molar-refractivity contribution in [2.45, 2.75) is 44.6 Å². The molecule has 5 heteroatoms. The van der Waals surface area contributed by atoms with Crippen LogP contribution in [-0.4, -0.2) is 46.2 Å². The van der Waals surface area contributed by atoms with Gasteiger partial charge in [-0.25, -0.2) is 4.79 Å². The van der Waals surface area contributed by atoms with E-state index in [-0.39, 0.29) is 17.9 Å². The molecule has 2 N–H and O–H groups in total. The van der Waals surface area contributed by atoms with Crippen molar-refractivity contribution in [1.29, 1.82) is 0 Å². The Labute approximate surface area is 142 Å². The first-order valence-corrected chi connectivity index (χ1v) is 8.82. The molecule has 2 aliphatic rings. The Morgan fingerprint density at radius 2 is 1.71 bits per heavy atom. The van der Waals surface area contributed by atoms with E-state index in [1.807, 2.05) is 17.0 Å². The van der Waals surface area contributed by atoms with Gasteiger partial charge in [0.2, 0.25) is 5.91 Å². The number of aliphatic hydroxyl groups excluding tert-OH is 1. The number of hydrogen-bond donors (Lipinski definition) is 2. The van der Waals surface area contributed by atoms with E-state index in [1.54, 1.807) is 12.1 Å². The summed E-state index contributed by atoms with van der Waals surface area (Å²) in [6.07, 6.45) is 4.74. The van der Waals surface area contributed by atoms with Gasteiger partial charge >= 0.3 is 5.97 Å². The lowest BCUT2D eigenvalue weighted by molar-refractivity contribution is -0.136. The van der Waals surface area contributed by atoms with E-state index in [4.69, 9.17) is 5.11 Å². The Bertz CT molecular complexity index is 590. The highest BCUT2D eigenvalue weighted by Gasteiger charge is 2.32. The fourth-order valence-electron chi connectivity index (χ4n) is 3.90. The molecule has 0 spiro atoms. The number of nitrogens with zero attached hydrogens (tertiary/aromatic N) is 1. The summed E-state index contributed by atoms with van der Waals surface area (Å²) in [6.45, 7) is 1.61. The van der Waals surface area contributed by atoms with Gasteiger partial charge in [0, 0.05) is 19.0 Å². The van der Waals surface area contributed by atoms with Gasteiger partial charge < -0.3 is 15.1 Å². The Morgan fingerprint density at radius 1 is 1.04 bits per heavy atom. The molecule has 1 unspecified atom stereocenters. The Kier molecular flexibility index (Phi) is 5.19. The number of likely N-dealkylation sites (tertiary alicyclic amines) is 1. The standard InChI is InChI=1S/C19H25NO4/c21-17-7-5-15(6-8-17)18(22)20-10-9-14(12-20)11-13-1-3-16(4-2-13)19(23)24/h1-4,14-15,17,21H,5-12H2,(H,23,24). The Morgan fingerprint density at radius 3 is 2.33 bits per heavy atom. The van der Waals surface area contributed by atoms with Crippen LogP contribution in [0.15, 0.2) is 24.3 Å². The zero-order valence-electron chi connectivity index (χ0n) is 13.9. The van der Waals surface area contributed by atoms with Crippen LogP contribution >= 0.6 is 0 Å². The number of aliphatic hydroxyl groups is 1. The van der Waals surface area contributed by atoms with Gasteiger partial charge in [-0.3, -0.25) is 4.79 Å². The van der Waals surface area contributed by atoms with E-state index in [0.717, 1.165) is 57.2 Å². The lowest BCUT2D eigenvalue weighted by Crippen LogP contribution is -2.37. The second-order valence-electron chi connectivity index (χ2n) is 7.15. The second-order valence-corrected chi connectivity index (χ2v) is 7.15. The molecule has 1 saturated carbocycles. The third-order valence-corrected chi connectivity index (χ3v) is 5.37. The van der Waals surface area contributed by atoms with E-state index in [0.29, 0.717) is 11.5 Å². The molecule has 5 nitrogen and oxygen atoms in total. The molecule has 1 aromatic carbocycles. The first kappa shape index (κ1) is 17.0. The Hall–Kier alpha value is -1.88. The minimum absolute atomic E-state index is 0.0852. The topological polar surface area (TPSA) is 77.8 Å². The van der Waals surface area contributed by atoms with Gasteiger partial charge in [-0.1, -0.05) is 12.1 Å². The highest BCUT2D eigenvalue weighted by atomic mass is 16.4. The quantitative estimate of drug-likeness (QED) is 0.887. The first-order chi connectivity index (χ1) is 11.5. The first-order valence-electron chi connectivity index (χ1n) is 8.82. The van der Waals surface area contributed by atoms with Crippen LogP contribution in [-0.2, 0) is 11.2 Å². The summed E-state index contributed by atoms with van der Waals surface area (Å²) in [6, 6.07) is 7.03. The maximum atomic E-state index is 12.6. The van der Waals surface area contributed by atoms with Crippen molar-refractivity contribution >= 4 is 11.9 Å². The van der Waals surface area contributed by atoms with Crippen molar-refractivity contribution in [1.82, 2.24) is 4.90 Å². The van der Waals surface area contributed by atoms with Crippen molar-refractivity contribution in [3.63, 3.8) is 0 Å². The summed E-state index contributed by atoms with van der Waals surface area (Å²) in [5, 5.41) is 18.5. The smallest absolute Gasteiger partial charge is 0.335 e. The number of carbonyl (C=O) groups excluding carboxylic acids is 1. The number of aromatic carboxylic acids is 1. The van der Waals surface area contributed by atoms with Crippen LogP contribution in [0.3, 0.4) is 0 Å². The molecule has 1 aromatic rings. The van der Waals surface area contributed by atoms with E-state index in [1.165, 1.54) is 0 Å². The average Bonchev–Trinajstić information content (AvgIpc) is 3.04. The van der Waals surface area contributed by atoms with Gasteiger partial charge in [-0.2, -0.15) is 0 Å². The fraction of sp³-hybridized carbons (Fsp3) is 0.579. The molecule has 0 radical (unpaired) electrons. The van der Waals surface area contributed by atoms with E-state index < -0.39 is 5.97 Å². The number of amides is 1. The van der Waals surface area contributed by atoms with Gasteiger partial charge in [0.15, 0.2) is 0 Å². The molecular weight excluding hydrogens is 306 g/mol. The fourth-order valence-corrected chi connectivity index (χ4v) is 3.90. The summed E-state index contributed by atoms with van der Waals surface area (Å²) in [5.41, 5.74) is 1.43. The zero-order valence-corrected chi connectivity index (χ0v) is 13.9. The predicted molar refractivity (Wildman–Crippen MR) is 89.8 cm³/mol. The van der Waals surface area contributed by atoms with Crippen LogP contribution in [0.25, 0.3) is 0 Å². The van der Waals surface area contributed by atoms with Crippen LogP contribution in [0.4, 0.5) is 0 Å². The number of carboxylic acids is 1. The van der Waals surface area contributed by atoms with E-state index in [2.05, 4.69) is 0 Å². The number of rotatable bonds is 4. The van der Waals surface area contributed by atoms with Crippen molar-refractivity contribution in [2.24, 2.45) is 11.8 Å². The van der Waals surface area contributed by atoms with Gasteiger partial charge in [-0.05, 0) is 62.1 Å². The van der Waals surface area contributed by atoms with Crippen LogP contribution in [0.5, 0.6) is 0 Å². The number of carboxylic acid groups (broad SMARTS) is 1. The van der Waals surface area contributed by atoms with Crippen molar-refractivity contribution in [3.8, 4) is 0 Å². The third-order valence-electron chi connectivity index (χ3n) is 5.37. The van der Waals surface area contributed by atoms with E-state index in [9.17, 15) is 14.7 Å². The number of benzene rings is 1. The molecule has 1 saturated heterocycles. The lowest BCUT2D eigenvalue weighted by Gasteiger charge is -2.28. The summed E-state index contributed by atoms with van der Waals surface area (Å²) in [5.74, 6) is -0.122. The third kappa shape index (κ3) is 3.96. The molecule has 1 atom stereocenters. The number of carbonyl (C=O) groups is 2. The minimum atomic E-state index is -0.906. The van der Waals surface area contributed by atoms with Crippen LogP contribution in [0.2, 0.25) is 0 Å². The molecule has 0 bridgehead atoms. The molecule has 130 valence electrons. The molecule has 1 aliphatic carbocycles. The van der Waals surface area contributed by atoms with Gasteiger partial charge in [-0.15, -0.1) is 0 Å². The highest BCUT2D eigenvalue weighted by molar-refractivity contribution is 5.87. The van der Waals surface area contributed by atoms with E-state index >= 15 is 0 Å². The van der Waals surface area contributed by atoms with Crippen molar-refractivity contribution in [2.75, 3.05) is 13.1 Å². The molecular formula is C19H25NO4. The summed E-state index contributed by atoms with van der Waals surface area (Å²) >= 11 is 0. The minimum Gasteiger partial charge on any atom is -0.478 e. The maximum Gasteiger partial charge on any atom is 0.335 e. The van der Waals surface area contributed by atoms with Crippen molar-refractivity contribution in [3.05, 3.63) is 35.4 Å². The summed E-state index contributed by atoms with van der Waals surface area (Å²) in [7, 11) is 0. The van der Waals surface area contributed by atoms with Gasteiger partial charge in [0.05, 0.1) is 11.7 Å². The lowest BCUT2D eigenvalue weighted by atomic mass is 9.86. The molecule has 2 fully saturated rings. The number of hydrogen-bond acceptors (Lipinski definition) is 3. The molecule has 3 rings (SSSR count). The predicted octanol–water partition coefficient (Wildman–Crippen LogP) is 2.33. The average molecular weight is 331 g/mol. The normalized spacial score (nSPS) is 27.2. The van der Waals surface area contributed by atoms with Crippen LogP contribution < -0.4 is 0 Å². The molecule has 24 heavy (non-hydrogen) atoms. The summed E-state index contributed by atoms with van der Waals surface area (Å²) < 4.78 is 0.